The summed E-state index contributed by atoms with van der Waals surface area (Å²) in [4.78, 5) is 0. The van der Waals surface area contributed by atoms with E-state index in [-0.39, 0.29) is 0 Å². The summed E-state index contributed by atoms with van der Waals surface area (Å²) in [5.74, 6) is 0.877. The Labute approximate surface area is 108 Å². The van der Waals surface area contributed by atoms with Crippen molar-refractivity contribution in [3.05, 3.63) is 53.6 Å². The Hall–Kier alpha value is -2.16. The van der Waals surface area contributed by atoms with E-state index < -0.39 is 0 Å². The van der Waals surface area contributed by atoms with Crippen molar-refractivity contribution in [3.8, 4) is 5.75 Å². The van der Waals surface area contributed by atoms with Gasteiger partial charge in [-0.15, -0.1) is 0 Å². The molecule has 0 aliphatic carbocycles. The molecule has 2 aromatic carbocycles. The van der Waals surface area contributed by atoms with E-state index in [9.17, 15) is 0 Å². The molecular weight excluding hydrogens is 224 g/mol. The van der Waals surface area contributed by atoms with Crippen molar-refractivity contribution < 1.29 is 4.74 Å². The Bertz CT molecular complexity index is 521. The van der Waals surface area contributed by atoms with E-state index >= 15 is 0 Å². The van der Waals surface area contributed by atoms with E-state index in [1.807, 2.05) is 31.2 Å². The first-order valence-electron chi connectivity index (χ1n) is 5.92. The maximum atomic E-state index is 5.79. The normalized spacial score (nSPS) is 10.1. The number of nitrogen functional groups attached to an aromatic ring is 1. The quantitative estimate of drug-likeness (QED) is 0.809. The SMILES string of the molecule is COc1ccc(CNc2ccc(N)c(C)c2)cc1. The average molecular weight is 242 g/mol. The molecule has 0 aromatic heterocycles. The third-order valence-corrected chi connectivity index (χ3v) is 2.93. The highest BCUT2D eigenvalue weighted by Gasteiger charge is 1.98. The molecule has 0 fully saturated rings. The minimum atomic E-state index is 0.785. The smallest absolute Gasteiger partial charge is 0.118 e. The number of rotatable bonds is 4. The van der Waals surface area contributed by atoms with E-state index in [1.165, 1.54) is 5.56 Å². The predicted molar refractivity (Wildman–Crippen MR) is 75.9 cm³/mol. The molecule has 0 aliphatic heterocycles. The molecule has 0 amide bonds. The Kier molecular flexibility index (Phi) is 3.72. The van der Waals surface area contributed by atoms with Gasteiger partial charge in [0.2, 0.25) is 0 Å². The van der Waals surface area contributed by atoms with Crippen molar-refractivity contribution in [1.29, 1.82) is 0 Å². The monoisotopic (exact) mass is 242 g/mol. The molecule has 0 atom stereocenters. The van der Waals surface area contributed by atoms with E-state index in [4.69, 9.17) is 10.5 Å². The van der Waals surface area contributed by atoms with Gasteiger partial charge in [0.25, 0.3) is 0 Å². The van der Waals surface area contributed by atoms with Crippen molar-refractivity contribution >= 4 is 11.4 Å². The van der Waals surface area contributed by atoms with Gasteiger partial charge in [-0.25, -0.2) is 0 Å². The molecule has 0 saturated heterocycles. The fourth-order valence-electron chi connectivity index (χ4n) is 1.73. The molecule has 0 spiro atoms. The summed E-state index contributed by atoms with van der Waals surface area (Å²) in [6, 6.07) is 14.0. The number of hydrogen-bond acceptors (Lipinski definition) is 3. The molecule has 3 N–H and O–H groups in total. The first-order valence-corrected chi connectivity index (χ1v) is 5.92. The molecule has 94 valence electrons. The highest BCUT2D eigenvalue weighted by Crippen LogP contribution is 2.18. The predicted octanol–water partition coefficient (Wildman–Crippen LogP) is 3.20. The highest BCUT2D eigenvalue weighted by molar-refractivity contribution is 5.56. The van der Waals surface area contributed by atoms with Crippen LogP contribution >= 0.6 is 0 Å². The van der Waals surface area contributed by atoms with Crippen molar-refractivity contribution in [2.24, 2.45) is 0 Å². The van der Waals surface area contributed by atoms with Gasteiger partial charge < -0.3 is 15.8 Å². The van der Waals surface area contributed by atoms with Crippen LogP contribution in [0.1, 0.15) is 11.1 Å². The second-order valence-electron chi connectivity index (χ2n) is 4.27. The molecule has 2 rings (SSSR count). The molecule has 0 bridgehead atoms. The second-order valence-corrected chi connectivity index (χ2v) is 4.27. The number of ether oxygens (including phenoxy) is 1. The number of aryl methyl sites for hydroxylation is 1. The molecule has 0 heterocycles. The summed E-state index contributed by atoms with van der Waals surface area (Å²) >= 11 is 0. The Morgan fingerprint density at radius 2 is 1.83 bits per heavy atom. The van der Waals surface area contributed by atoms with Crippen LogP contribution < -0.4 is 15.8 Å². The average Bonchev–Trinajstić information content (AvgIpc) is 2.41. The van der Waals surface area contributed by atoms with Crippen molar-refractivity contribution in [1.82, 2.24) is 0 Å². The van der Waals surface area contributed by atoms with Gasteiger partial charge >= 0.3 is 0 Å². The van der Waals surface area contributed by atoms with Crippen molar-refractivity contribution in [2.75, 3.05) is 18.2 Å². The molecule has 18 heavy (non-hydrogen) atoms. The van der Waals surface area contributed by atoms with Crippen LogP contribution in [0.4, 0.5) is 11.4 Å². The third-order valence-electron chi connectivity index (χ3n) is 2.93. The molecule has 3 nitrogen and oxygen atoms in total. The lowest BCUT2D eigenvalue weighted by Crippen LogP contribution is -2.00. The number of nitrogens with one attached hydrogen (secondary N) is 1. The van der Waals surface area contributed by atoms with Crippen LogP contribution in [-0.2, 0) is 6.54 Å². The van der Waals surface area contributed by atoms with E-state index in [2.05, 4.69) is 23.5 Å². The van der Waals surface area contributed by atoms with Crippen LogP contribution in [0, 0.1) is 6.92 Å². The summed E-state index contributed by atoms with van der Waals surface area (Å²) in [6.45, 7) is 2.79. The zero-order valence-corrected chi connectivity index (χ0v) is 10.7. The Balaban J connectivity index is 1.99. The Morgan fingerprint density at radius 3 is 2.44 bits per heavy atom. The van der Waals surface area contributed by atoms with Crippen LogP contribution in [0.25, 0.3) is 0 Å². The van der Waals surface area contributed by atoms with Crippen LogP contribution in [0.2, 0.25) is 0 Å². The van der Waals surface area contributed by atoms with Crippen molar-refractivity contribution in [3.63, 3.8) is 0 Å². The summed E-state index contributed by atoms with van der Waals surface area (Å²) in [6.07, 6.45) is 0. The highest BCUT2D eigenvalue weighted by atomic mass is 16.5. The molecule has 3 heteroatoms. The van der Waals surface area contributed by atoms with E-state index in [0.717, 1.165) is 29.2 Å². The molecular formula is C15H18N2O. The maximum Gasteiger partial charge on any atom is 0.118 e. The lowest BCUT2D eigenvalue weighted by molar-refractivity contribution is 0.414. The first kappa shape index (κ1) is 12.3. The number of hydrogen-bond donors (Lipinski definition) is 2. The van der Waals surface area contributed by atoms with Gasteiger partial charge in [-0.05, 0) is 48.4 Å². The number of benzene rings is 2. The zero-order chi connectivity index (χ0) is 13.0. The molecule has 0 radical (unpaired) electrons. The molecule has 0 saturated carbocycles. The largest absolute Gasteiger partial charge is 0.497 e. The van der Waals surface area contributed by atoms with Gasteiger partial charge in [0.1, 0.15) is 5.75 Å². The summed E-state index contributed by atoms with van der Waals surface area (Å²) < 4.78 is 5.13. The number of nitrogens with two attached hydrogens (primary N) is 1. The number of anilines is 2. The standard InChI is InChI=1S/C15H18N2O/c1-11-9-13(5-8-15(11)16)17-10-12-3-6-14(18-2)7-4-12/h3-9,17H,10,16H2,1-2H3. The summed E-state index contributed by atoms with van der Waals surface area (Å²) in [7, 11) is 1.67. The minimum absolute atomic E-state index is 0.785. The third kappa shape index (κ3) is 2.94. The molecule has 2 aromatic rings. The second kappa shape index (κ2) is 5.45. The fourth-order valence-corrected chi connectivity index (χ4v) is 1.73. The summed E-state index contributed by atoms with van der Waals surface area (Å²) in [5, 5.41) is 3.37. The lowest BCUT2D eigenvalue weighted by Gasteiger charge is -2.09. The Morgan fingerprint density at radius 1 is 1.11 bits per heavy atom. The molecule has 0 unspecified atom stereocenters. The summed E-state index contributed by atoms with van der Waals surface area (Å²) in [5.41, 5.74) is 10.00. The molecule has 0 aliphatic rings. The van der Waals surface area contributed by atoms with Gasteiger partial charge in [-0.1, -0.05) is 12.1 Å². The topological polar surface area (TPSA) is 47.3 Å². The van der Waals surface area contributed by atoms with Gasteiger partial charge in [-0.2, -0.15) is 0 Å². The van der Waals surface area contributed by atoms with E-state index in [0.29, 0.717) is 0 Å². The lowest BCUT2D eigenvalue weighted by atomic mass is 10.1. The van der Waals surface area contributed by atoms with Crippen LogP contribution in [0.15, 0.2) is 42.5 Å². The van der Waals surface area contributed by atoms with E-state index in [1.54, 1.807) is 7.11 Å². The van der Waals surface area contributed by atoms with Crippen LogP contribution in [0.5, 0.6) is 5.75 Å². The van der Waals surface area contributed by atoms with Crippen LogP contribution in [-0.4, -0.2) is 7.11 Å². The fraction of sp³-hybridized carbons (Fsp3) is 0.200. The maximum absolute atomic E-state index is 5.79. The van der Waals surface area contributed by atoms with Gasteiger partial charge in [0.15, 0.2) is 0 Å². The van der Waals surface area contributed by atoms with Crippen LogP contribution in [0.3, 0.4) is 0 Å². The van der Waals surface area contributed by atoms with Gasteiger partial charge in [0.05, 0.1) is 7.11 Å². The minimum Gasteiger partial charge on any atom is -0.497 e. The van der Waals surface area contributed by atoms with Crippen molar-refractivity contribution in [2.45, 2.75) is 13.5 Å². The van der Waals surface area contributed by atoms with Gasteiger partial charge in [0, 0.05) is 17.9 Å². The van der Waals surface area contributed by atoms with Gasteiger partial charge in [-0.3, -0.25) is 0 Å². The number of methoxy groups -OCH3 is 1. The first-order chi connectivity index (χ1) is 8.69. The zero-order valence-electron chi connectivity index (χ0n) is 10.7.